The van der Waals surface area contributed by atoms with Gasteiger partial charge in [-0.15, -0.1) is 0 Å². The average Bonchev–Trinajstić information content (AvgIpc) is 2.60. The normalized spacial score (nSPS) is 11.5. The van der Waals surface area contributed by atoms with Crippen molar-refractivity contribution in [3.63, 3.8) is 0 Å². The Morgan fingerprint density at radius 2 is 1.61 bits per heavy atom. The van der Waals surface area contributed by atoms with Gasteiger partial charge in [-0.1, -0.05) is 28.2 Å². The second-order valence-corrected chi connectivity index (χ2v) is 12.6. The average molecular weight is 407 g/mol. The molecule has 2 rings (SSSR count). The molecule has 154 valence electrons. The topological polar surface area (TPSA) is 44.8 Å². The molecule has 0 N–H and O–H groups in total. The Labute approximate surface area is 168 Å². The summed E-state index contributed by atoms with van der Waals surface area (Å²) in [6.07, 6.45) is 0.568. The Hall–Kier alpha value is -2.18. The van der Waals surface area contributed by atoms with Crippen molar-refractivity contribution in [2.45, 2.75) is 46.3 Å². The molecule has 0 fully saturated rings. The highest BCUT2D eigenvalue weighted by Crippen LogP contribution is 2.36. The van der Waals surface area contributed by atoms with Crippen molar-refractivity contribution in [2.75, 3.05) is 13.2 Å². The van der Waals surface area contributed by atoms with E-state index in [9.17, 15) is 9.18 Å². The molecule has 0 saturated heterocycles. The van der Waals surface area contributed by atoms with E-state index in [1.54, 1.807) is 24.3 Å². The Balaban J connectivity index is 0.00000392. The largest absolute Gasteiger partial charge is 0.491 e. The molecule has 28 heavy (non-hydrogen) atoms. The summed E-state index contributed by atoms with van der Waals surface area (Å²) in [4.78, 5) is 11.0. The number of aldehydes is 1. The predicted octanol–water partition coefficient (Wildman–Crippen LogP) is 6.47. The smallest absolute Gasteiger partial charge is 0.192 e. The van der Waals surface area contributed by atoms with E-state index in [4.69, 9.17) is 13.9 Å². The van der Waals surface area contributed by atoms with Gasteiger partial charge in [-0.2, -0.15) is 0 Å². The zero-order chi connectivity index (χ0) is 20.1. The number of carbonyl (C=O) groups excluding carboxylic acids is 1. The second kappa shape index (κ2) is 9.84. The lowest BCUT2D eigenvalue weighted by Gasteiger charge is -2.36. The van der Waals surface area contributed by atoms with E-state index in [-0.39, 0.29) is 18.0 Å². The highest BCUT2D eigenvalue weighted by Gasteiger charge is 2.36. The van der Waals surface area contributed by atoms with Crippen molar-refractivity contribution < 1.29 is 23.1 Å². The van der Waals surface area contributed by atoms with Crippen LogP contribution in [0.4, 0.5) is 4.39 Å². The third-order valence-electron chi connectivity index (χ3n) is 4.77. The summed E-state index contributed by atoms with van der Waals surface area (Å²) in [7, 11) is -1.76. The number of benzene rings is 2. The Kier molecular flexibility index (Phi) is 8.39. The molecule has 0 bridgehead atoms. The van der Waals surface area contributed by atoms with Crippen LogP contribution in [0.5, 0.6) is 17.2 Å². The van der Waals surface area contributed by atoms with E-state index in [1.165, 1.54) is 12.1 Å². The number of ether oxygens (including phenoxy) is 2. The summed E-state index contributed by atoms with van der Waals surface area (Å²) in [6, 6.07) is 10.9. The zero-order valence-corrected chi connectivity index (χ0v) is 17.5. The number of rotatable bonds is 8. The molecule has 0 unspecified atom stereocenters. The molecule has 2 aromatic rings. The molecular formula is C22H31FO4Si. The summed E-state index contributed by atoms with van der Waals surface area (Å²) in [5.74, 6) is 1.07. The number of halogens is 1. The molecule has 0 aromatic heterocycles. The first-order chi connectivity index (χ1) is 12.6. The van der Waals surface area contributed by atoms with Crippen molar-refractivity contribution in [2.24, 2.45) is 0 Å². The lowest BCUT2D eigenvalue weighted by Crippen LogP contribution is -2.41. The fourth-order valence-electron chi connectivity index (χ4n) is 2.11. The van der Waals surface area contributed by atoms with Gasteiger partial charge in [0.25, 0.3) is 0 Å². The van der Waals surface area contributed by atoms with E-state index in [1.807, 2.05) is 0 Å². The van der Waals surface area contributed by atoms with Gasteiger partial charge in [-0.05, 0) is 60.6 Å². The van der Waals surface area contributed by atoms with Crippen LogP contribution in [0.2, 0.25) is 18.1 Å². The monoisotopic (exact) mass is 406 g/mol. The molecule has 0 atom stereocenters. The van der Waals surface area contributed by atoms with Gasteiger partial charge in [0.2, 0.25) is 0 Å². The molecule has 0 radical (unpaired) electrons. The summed E-state index contributed by atoms with van der Waals surface area (Å²) < 4.78 is 30.6. The minimum atomic E-state index is -1.76. The van der Waals surface area contributed by atoms with E-state index in [2.05, 4.69) is 33.9 Å². The quantitative estimate of drug-likeness (QED) is 0.286. The van der Waals surface area contributed by atoms with Gasteiger partial charge in [0.15, 0.2) is 14.6 Å². The fraction of sp³-hybridized carbons (Fsp3) is 0.409. The third kappa shape index (κ3) is 6.46. The van der Waals surface area contributed by atoms with Crippen LogP contribution in [0.25, 0.3) is 0 Å². The molecule has 2 aromatic carbocycles. The van der Waals surface area contributed by atoms with E-state index < -0.39 is 14.1 Å². The fourth-order valence-corrected chi connectivity index (χ4v) is 3.13. The van der Waals surface area contributed by atoms with Crippen LogP contribution in [0.1, 0.15) is 38.6 Å². The third-order valence-corrected chi connectivity index (χ3v) is 9.31. The van der Waals surface area contributed by atoms with Crippen LogP contribution in [-0.2, 0) is 4.43 Å². The summed E-state index contributed by atoms with van der Waals surface area (Å²) >= 11 is 0. The minimum absolute atomic E-state index is 0. The first-order valence-corrected chi connectivity index (χ1v) is 11.8. The molecular weight excluding hydrogens is 375 g/mol. The molecule has 0 amide bonds. The Morgan fingerprint density at radius 3 is 2.18 bits per heavy atom. The minimum Gasteiger partial charge on any atom is -0.491 e. The zero-order valence-electron chi connectivity index (χ0n) is 16.5. The van der Waals surface area contributed by atoms with Crippen LogP contribution >= 0.6 is 0 Å². The molecule has 6 heteroatoms. The standard InChI is InChI=1S/C21H27FO4Si.CH4/c1-21(2,3)27(4,5)25-13-12-24-18-7-9-19(10-8-18)26-20-11-6-17(22)14-16(20)15-23;/h6-11,14-15H,12-13H2,1-5H3;1H4. The van der Waals surface area contributed by atoms with Gasteiger partial charge in [0.05, 0.1) is 12.2 Å². The molecule has 0 aliphatic carbocycles. The highest BCUT2D eigenvalue weighted by atomic mass is 28.4. The highest BCUT2D eigenvalue weighted by molar-refractivity contribution is 6.74. The molecule has 4 nitrogen and oxygen atoms in total. The van der Waals surface area contributed by atoms with Gasteiger partial charge in [0.1, 0.15) is 29.7 Å². The van der Waals surface area contributed by atoms with Gasteiger partial charge in [0, 0.05) is 0 Å². The van der Waals surface area contributed by atoms with Crippen molar-refractivity contribution in [1.82, 2.24) is 0 Å². The molecule has 0 spiro atoms. The van der Waals surface area contributed by atoms with Crippen LogP contribution in [0.3, 0.4) is 0 Å². The lowest BCUT2D eigenvalue weighted by molar-refractivity contribution is 0.112. The molecule has 0 heterocycles. The number of hydrogen-bond acceptors (Lipinski definition) is 4. The summed E-state index contributed by atoms with van der Waals surface area (Å²) in [6.45, 7) is 12.1. The maximum Gasteiger partial charge on any atom is 0.192 e. The van der Waals surface area contributed by atoms with E-state index >= 15 is 0 Å². The van der Waals surface area contributed by atoms with E-state index in [0.717, 1.165) is 6.07 Å². The first-order valence-electron chi connectivity index (χ1n) is 8.92. The van der Waals surface area contributed by atoms with Crippen molar-refractivity contribution in [1.29, 1.82) is 0 Å². The van der Waals surface area contributed by atoms with Crippen LogP contribution in [0, 0.1) is 5.82 Å². The molecule has 0 aliphatic heterocycles. The Morgan fingerprint density at radius 1 is 1.00 bits per heavy atom. The number of carbonyl (C=O) groups is 1. The summed E-state index contributed by atoms with van der Waals surface area (Å²) in [5, 5.41) is 0.173. The first kappa shape index (κ1) is 23.9. The van der Waals surface area contributed by atoms with Gasteiger partial charge < -0.3 is 13.9 Å². The van der Waals surface area contributed by atoms with Crippen LogP contribution in [-0.4, -0.2) is 27.8 Å². The van der Waals surface area contributed by atoms with E-state index in [0.29, 0.717) is 36.7 Å². The molecule has 0 saturated carbocycles. The van der Waals surface area contributed by atoms with Crippen LogP contribution < -0.4 is 9.47 Å². The molecule has 0 aliphatic rings. The van der Waals surface area contributed by atoms with Crippen molar-refractivity contribution >= 4 is 14.6 Å². The van der Waals surface area contributed by atoms with Crippen LogP contribution in [0.15, 0.2) is 42.5 Å². The maximum absolute atomic E-state index is 13.2. The van der Waals surface area contributed by atoms with Gasteiger partial charge in [-0.3, -0.25) is 4.79 Å². The second-order valence-electron chi connectivity index (χ2n) is 7.83. The number of hydrogen-bond donors (Lipinski definition) is 0. The maximum atomic E-state index is 13.2. The van der Waals surface area contributed by atoms with Gasteiger partial charge >= 0.3 is 0 Å². The predicted molar refractivity (Wildman–Crippen MR) is 114 cm³/mol. The van der Waals surface area contributed by atoms with Gasteiger partial charge in [-0.25, -0.2) is 4.39 Å². The van der Waals surface area contributed by atoms with Crippen molar-refractivity contribution in [3.05, 3.63) is 53.8 Å². The summed E-state index contributed by atoms with van der Waals surface area (Å²) in [5.41, 5.74) is 0.165. The van der Waals surface area contributed by atoms with Crippen molar-refractivity contribution in [3.8, 4) is 17.2 Å². The lowest BCUT2D eigenvalue weighted by atomic mass is 10.2. The SMILES string of the molecule is C.CC(C)(C)[Si](C)(C)OCCOc1ccc(Oc2ccc(F)cc2C=O)cc1. The Bertz CT molecular complexity index is 767.